The molecule has 3 heterocycles. The minimum Gasteiger partial charge on any atom is -0.464 e. The van der Waals surface area contributed by atoms with Gasteiger partial charge in [0.25, 0.3) is 0 Å². The third-order valence-corrected chi connectivity index (χ3v) is 6.23. The Labute approximate surface area is 196 Å². The van der Waals surface area contributed by atoms with Crippen LogP contribution in [-0.4, -0.2) is 51.3 Å². The average Bonchev–Trinajstić information content (AvgIpc) is 3.34. The molecular formula is C24H26ClF2N4O2+. The third kappa shape index (κ3) is 4.62. The minimum atomic E-state index is -0.907. The van der Waals surface area contributed by atoms with Gasteiger partial charge in [-0.2, -0.15) is 4.98 Å². The summed E-state index contributed by atoms with van der Waals surface area (Å²) in [4.78, 5) is 8.66. The van der Waals surface area contributed by atoms with E-state index >= 15 is 0 Å². The number of hydrogen-bond donors (Lipinski definition) is 0. The Morgan fingerprint density at radius 1 is 1.27 bits per heavy atom. The van der Waals surface area contributed by atoms with Gasteiger partial charge in [0.05, 0.1) is 11.8 Å². The summed E-state index contributed by atoms with van der Waals surface area (Å²) in [5, 5.41) is 4.27. The van der Waals surface area contributed by atoms with Gasteiger partial charge in [-0.15, -0.1) is 0 Å². The molecule has 0 unspecified atom stereocenters. The maximum atomic E-state index is 14.6. The van der Waals surface area contributed by atoms with E-state index in [1.165, 1.54) is 12.1 Å². The van der Waals surface area contributed by atoms with Crippen molar-refractivity contribution in [1.29, 1.82) is 0 Å². The molecule has 174 valence electrons. The topological polar surface area (TPSA) is 64.1 Å². The van der Waals surface area contributed by atoms with Gasteiger partial charge in [0.1, 0.15) is 23.8 Å². The van der Waals surface area contributed by atoms with Gasteiger partial charge in [-0.1, -0.05) is 28.9 Å². The SMILES string of the molecule is Cc1cccc(F)c1C(C)(C)c1cc(-c2nc(Cl)cc(O[C@@H](C)C3=[N+](C)C[C@@H](F)C3)n2)no1. The van der Waals surface area contributed by atoms with Gasteiger partial charge >= 0.3 is 0 Å². The number of hydrogen-bond acceptors (Lipinski definition) is 5. The highest BCUT2D eigenvalue weighted by atomic mass is 35.5. The smallest absolute Gasteiger partial charge is 0.219 e. The molecule has 3 aromatic rings. The number of rotatable bonds is 6. The summed E-state index contributed by atoms with van der Waals surface area (Å²) >= 11 is 6.21. The van der Waals surface area contributed by atoms with Gasteiger partial charge in [0.2, 0.25) is 5.88 Å². The fourth-order valence-corrected chi connectivity index (χ4v) is 4.55. The molecule has 1 aromatic carbocycles. The Morgan fingerprint density at radius 3 is 2.70 bits per heavy atom. The molecule has 2 aromatic heterocycles. The molecule has 0 saturated heterocycles. The van der Waals surface area contributed by atoms with Crippen molar-refractivity contribution in [2.45, 2.75) is 51.8 Å². The van der Waals surface area contributed by atoms with Crippen LogP contribution in [0, 0.1) is 12.7 Å². The molecule has 4 rings (SSSR count). The van der Waals surface area contributed by atoms with Crippen LogP contribution >= 0.6 is 11.6 Å². The van der Waals surface area contributed by atoms with E-state index in [1.807, 2.05) is 45.4 Å². The number of ether oxygens (including phenoxy) is 1. The van der Waals surface area contributed by atoms with E-state index in [1.54, 1.807) is 12.1 Å². The Kier molecular flexibility index (Phi) is 6.22. The molecule has 2 atom stereocenters. The molecule has 1 aliphatic heterocycles. The zero-order valence-electron chi connectivity index (χ0n) is 19.2. The zero-order valence-corrected chi connectivity index (χ0v) is 20.0. The van der Waals surface area contributed by atoms with Crippen LogP contribution in [0.5, 0.6) is 5.88 Å². The third-order valence-electron chi connectivity index (χ3n) is 6.03. The predicted molar refractivity (Wildman–Crippen MR) is 121 cm³/mol. The number of nitrogens with zero attached hydrogens (tertiary/aromatic N) is 4. The lowest BCUT2D eigenvalue weighted by Gasteiger charge is -2.24. The highest BCUT2D eigenvalue weighted by molar-refractivity contribution is 6.29. The van der Waals surface area contributed by atoms with E-state index in [4.69, 9.17) is 20.9 Å². The van der Waals surface area contributed by atoms with Crippen LogP contribution in [0.2, 0.25) is 5.15 Å². The largest absolute Gasteiger partial charge is 0.464 e. The van der Waals surface area contributed by atoms with Crippen molar-refractivity contribution in [3.05, 3.63) is 58.2 Å². The highest BCUT2D eigenvalue weighted by Gasteiger charge is 2.34. The number of aryl methyl sites for hydroxylation is 1. The van der Waals surface area contributed by atoms with Crippen molar-refractivity contribution in [2.24, 2.45) is 0 Å². The van der Waals surface area contributed by atoms with E-state index in [0.29, 0.717) is 30.0 Å². The molecule has 0 fully saturated rings. The van der Waals surface area contributed by atoms with Crippen molar-refractivity contribution in [1.82, 2.24) is 15.1 Å². The molecule has 0 saturated carbocycles. The van der Waals surface area contributed by atoms with Crippen molar-refractivity contribution < 1.29 is 22.6 Å². The summed E-state index contributed by atoms with van der Waals surface area (Å²) in [6, 6.07) is 8.13. The molecule has 6 nitrogen and oxygen atoms in total. The molecule has 0 spiro atoms. The second kappa shape index (κ2) is 8.82. The average molecular weight is 476 g/mol. The lowest BCUT2D eigenvalue weighted by atomic mass is 9.79. The number of benzene rings is 1. The first-order valence-electron chi connectivity index (χ1n) is 10.7. The first-order chi connectivity index (χ1) is 15.6. The number of aromatic nitrogens is 3. The molecule has 0 radical (unpaired) electrons. The van der Waals surface area contributed by atoms with Gasteiger partial charge in [0, 0.05) is 17.7 Å². The Morgan fingerprint density at radius 2 is 2.03 bits per heavy atom. The Hall–Kier alpha value is -2.87. The van der Waals surface area contributed by atoms with Gasteiger partial charge in [-0.3, -0.25) is 0 Å². The molecule has 1 aliphatic rings. The Balaban J connectivity index is 1.62. The summed E-state index contributed by atoms with van der Waals surface area (Å²) < 4.78 is 41.7. The molecule has 0 aliphatic carbocycles. The maximum Gasteiger partial charge on any atom is 0.219 e. The second-order valence-electron chi connectivity index (χ2n) is 8.92. The molecule has 0 N–H and O–H groups in total. The lowest BCUT2D eigenvalue weighted by Crippen LogP contribution is -2.28. The van der Waals surface area contributed by atoms with Gasteiger partial charge < -0.3 is 9.26 Å². The zero-order chi connectivity index (χ0) is 23.9. The van der Waals surface area contributed by atoms with Crippen molar-refractivity contribution >= 4 is 17.3 Å². The molecule has 33 heavy (non-hydrogen) atoms. The van der Waals surface area contributed by atoms with Crippen molar-refractivity contribution in [3.8, 4) is 17.4 Å². The monoisotopic (exact) mass is 475 g/mol. The fraction of sp³-hybridized carbons (Fsp3) is 0.417. The van der Waals surface area contributed by atoms with Crippen LogP contribution in [0.1, 0.15) is 44.1 Å². The summed E-state index contributed by atoms with van der Waals surface area (Å²) in [7, 11) is 1.84. The van der Waals surface area contributed by atoms with E-state index in [0.717, 1.165) is 11.3 Å². The number of halogens is 3. The van der Waals surface area contributed by atoms with E-state index in [9.17, 15) is 8.78 Å². The van der Waals surface area contributed by atoms with Gasteiger partial charge in [-0.25, -0.2) is 18.3 Å². The van der Waals surface area contributed by atoms with Crippen LogP contribution in [0.25, 0.3) is 11.5 Å². The quantitative estimate of drug-likeness (QED) is 0.364. The van der Waals surface area contributed by atoms with E-state index in [-0.39, 0.29) is 28.8 Å². The van der Waals surface area contributed by atoms with E-state index < -0.39 is 11.6 Å². The number of alkyl halides is 1. The highest BCUT2D eigenvalue weighted by Crippen LogP contribution is 2.37. The molecular weight excluding hydrogens is 450 g/mol. The molecule has 0 bridgehead atoms. The van der Waals surface area contributed by atoms with E-state index in [2.05, 4.69) is 15.1 Å². The van der Waals surface area contributed by atoms with Crippen molar-refractivity contribution in [3.63, 3.8) is 0 Å². The Bertz CT molecular complexity index is 1200. The van der Waals surface area contributed by atoms with Crippen LogP contribution in [0.3, 0.4) is 0 Å². The summed E-state index contributed by atoms with van der Waals surface area (Å²) in [5.41, 5.74) is 1.76. The van der Waals surface area contributed by atoms with Gasteiger partial charge in [0.15, 0.2) is 36.1 Å². The standard InChI is InChI=1S/C24H26ClF2N4O2/c1-13-7-6-8-16(27)22(13)24(3,4)19-10-17(30-33-19)23-28-20(25)11-21(29-23)32-14(2)18-9-15(26)12-31(18)5/h6-8,10-11,14-15H,9,12H2,1-5H3/q+1/t14-,15-/m0/s1. The first-order valence-corrected chi connectivity index (χ1v) is 11.1. The molecule has 0 amide bonds. The van der Waals surface area contributed by atoms with Crippen molar-refractivity contribution in [2.75, 3.05) is 13.6 Å². The van der Waals surface area contributed by atoms with Crippen LogP contribution in [0.4, 0.5) is 8.78 Å². The predicted octanol–water partition coefficient (Wildman–Crippen LogP) is 5.15. The van der Waals surface area contributed by atoms with Crippen LogP contribution in [-0.2, 0) is 5.41 Å². The van der Waals surface area contributed by atoms with Crippen LogP contribution in [0.15, 0.2) is 34.9 Å². The van der Waals surface area contributed by atoms with Crippen LogP contribution < -0.4 is 4.74 Å². The minimum absolute atomic E-state index is 0.170. The maximum absolute atomic E-state index is 14.6. The van der Waals surface area contributed by atoms with Gasteiger partial charge in [-0.05, 0) is 39.3 Å². The first kappa shape index (κ1) is 23.3. The molecule has 9 heteroatoms. The lowest BCUT2D eigenvalue weighted by molar-refractivity contribution is -0.495. The fourth-order valence-electron chi connectivity index (χ4n) is 4.38. The summed E-state index contributed by atoms with van der Waals surface area (Å²) in [6.07, 6.45) is -0.971. The summed E-state index contributed by atoms with van der Waals surface area (Å²) in [6.45, 7) is 7.77. The normalized spacial score (nSPS) is 17.5. The second-order valence-corrected chi connectivity index (χ2v) is 9.31. The summed E-state index contributed by atoms with van der Waals surface area (Å²) in [5.74, 6) is 0.608.